The predicted molar refractivity (Wildman–Crippen MR) is 62.5 cm³/mol. The lowest BCUT2D eigenvalue weighted by molar-refractivity contribution is 0.392. The lowest BCUT2D eigenvalue weighted by atomic mass is 10.1. The van der Waals surface area contributed by atoms with Crippen LogP contribution < -0.4 is 4.74 Å². The molecule has 0 radical (unpaired) electrons. The predicted octanol–water partition coefficient (Wildman–Crippen LogP) is 2.51. The van der Waals surface area contributed by atoms with Crippen LogP contribution >= 0.6 is 15.9 Å². The third-order valence-electron chi connectivity index (χ3n) is 2.86. The highest BCUT2D eigenvalue weighted by molar-refractivity contribution is 9.09. The van der Waals surface area contributed by atoms with E-state index in [1.165, 1.54) is 12.8 Å². The third kappa shape index (κ3) is 2.48. The fourth-order valence-electron chi connectivity index (χ4n) is 1.69. The van der Waals surface area contributed by atoms with E-state index < -0.39 is 0 Å². The first kappa shape index (κ1) is 10.9. The van der Waals surface area contributed by atoms with E-state index >= 15 is 0 Å². The largest absolute Gasteiger partial charge is 0.481 e. The Balaban J connectivity index is 2.12. The normalized spacial score (nSPS) is 17.5. The third-order valence-corrected chi connectivity index (χ3v) is 3.93. The van der Waals surface area contributed by atoms with Gasteiger partial charge in [-0.05, 0) is 25.7 Å². The second-order valence-corrected chi connectivity index (χ2v) is 5.19. The molecule has 0 amide bonds. The molecule has 0 aliphatic heterocycles. The van der Waals surface area contributed by atoms with Crippen LogP contribution in [0.5, 0.6) is 5.88 Å². The van der Waals surface area contributed by atoms with Gasteiger partial charge in [-0.2, -0.15) is 0 Å². The monoisotopic (exact) mass is 270 g/mol. The fourth-order valence-corrected chi connectivity index (χ4v) is 2.52. The van der Waals surface area contributed by atoms with Gasteiger partial charge in [0.25, 0.3) is 0 Å². The van der Waals surface area contributed by atoms with Gasteiger partial charge in [0, 0.05) is 16.8 Å². The molecular weight excluding hydrogens is 256 g/mol. The van der Waals surface area contributed by atoms with E-state index in [2.05, 4.69) is 25.9 Å². The molecule has 0 bridgehead atoms. The van der Waals surface area contributed by atoms with Crippen molar-refractivity contribution < 1.29 is 4.74 Å². The lowest BCUT2D eigenvalue weighted by Gasteiger charge is -2.11. The number of aromatic nitrogens is 2. The molecule has 3 nitrogen and oxygen atoms in total. The van der Waals surface area contributed by atoms with Crippen molar-refractivity contribution in [3.05, 3.63) is 17.6 Å². The number of rotatable bonds is 4. The molecule has 1 aromatic rings. The SMILES string of the molecule is COc1ncnc(CC(Br)C2CC2)c1C. The molecule has 1 atom stereocenters. The van der Waals surface area contributed by atoms with Crippen molar-refractivity contribution in [1.29, 1.82) is 0 Å². The molecule has 0 aromatic carbocycles. The number of ether oxygens (including phenoxy) is 1. The van der Waals surface area contributed by atoms with Gasteiger partial charge < -0.3 is 4.74 Å². The molecule has 82 valence electrons. The van der Waals surface area contributed by atoms with Gasteiger partial charge in [0.05, 0.1) is 12.8 Å². The van der Waals surface area contributed by atoms with Crippen LogP contribution in [0.2, 0.25) is 0 Å². The number of nitrogens with zero attached hydrogens (tertiary/aromatic N) is 2. The van der Waals surface area contributed by atoms with Gasteiger partial charge in [-0.25, -0.2) is 9.97 Å². The highest BCUT2D eigenvalue weighted by Gasteiger charge is 2.30. The second-order valence-electron chi connectivity index (χ2n) is 4.01. The lowest BCUT2D eigenvalue weighted by Crippen LogP contribution is -2.09. The number of halogens is 1. The minimum absolute atomic E-state index is 0.552. The van der Waals surface area contributed by atoms with Crippen molar-refractivity contribution in [3.63, 3.8) is 0 Å². The summed E-state index contributed by atoms with van der Waals surface area (Å²) >= 11 is 3.72. The average Bonchev–Trinajstić information content (AvgIpc) is 3.04. The zero-order valence-corrected chi connectivity index (χ0v) is 10.6. The van der Waals surface area contributed by atoms with Crippen LogP contribution in [0, 0.1) is 12.8 Å². The van der Waals surface area contributed by atoms with Crippen LogP contribution in [-0.4, -0.2) is 21.9 Å². The van der Waals surface area contributed by atoms with Gasteiger partial charge in [0.2, 0.25) is 5.88 Å². The van der Waals surface area contributed by atoms with Gasteiger partial charge in [-0.3, -0.25) is 0 Å². The molecule has 1 heterocycles. The van der Waals surface area contributed by atoms with Gasteiger partial charge in [-0.15, -0.1) is 0 Å². The van der Waals surface area contributed by atoms with Crippen LogP contribution in [0.15, 0.2) is 6.33 Å². The molecule has 4 heteroatoms. The summed E-state index contributed by atoms with van der Waals surface area (Å²) in [6, 6.07) is 0. The van der Waals surface area contributed by atoms with Crippen molar-refractivity contribution in [3.8, 4) is 5.88 Å². The molecule has 1 saturated carbocycles. The zero-order chi connectivity index (χ0) is 10.8. The Bertz CT molecular complexity index is 352. The molecule has 15 heavy (non-hydrogen) atoms. The zero-order valence-electron chi connectivity index (χ0n) is 9.03. The standard InChI is InChI=1S/C11H15BrN2O/c1-7-10(5-9(12)8-3-4-8)13-6-14-11(7)15-2/h6,8-9H,3-5H2,1-2H3. The first-order valence-corrected chi connectivity index (χ1v) is 6.12. The summed E-state index contributed by atoms with van der Waals surface area (Å²) in [4.78, 5) is 8.94. The van der Waals surface area contributed by atoms with E-state index in [9.17, 15) is 0 Å². The number of alkyl halides is 1. The number of hydrogen-bond acceptors (Lipinski definition) is 3. The Morgan fingerprint density at radius 3 is 2.87 bits per heavy atom. The van der Waals surface area contributed by atoms with Crippen LogP contribution in [-0.2, 0) is 6.42 Å². The van der Waals surface area contributed by atoms with Gasteiger partial charge >= 0.3 is 0 Å². The first-order valence-electron chi connectivity index (χ1n) is 5.21. The molecule has 1 aliphatic rings. The Morgan fingerprint density at radius 2 is 2.27 bits per heavy atom. The molecule has 0 spiro atoms. The molecule has 2 rings (SSSR count). The summed E-state index contributed by atoms with van der Waals surface area (Å²) < 4.78 is 5.18. The van der Waals surface area contributed by atoms with E-state index in [4.69, 9.17) is 4.74 Å². The van der Waals surface area contributed by atoms with Crippen LogP contribution in [0.1, 0.15) is 24.1 Å². The fraction of sp³-hybridized carbons (Fsp3) is 0.636. The molecule has 1 aliphatic carbocycles. The minimum Gasteiger partial charge on any atom is -0.481 e. The summed E-state index contributed by atoms with van der Waals surface area (Å²) in [5, 5.41) is 0. The van der Waals surface area contributed by atoms with Crippen LogP contribution in [0.25, 0.3) is 0 Å². The van der Waals surface area contributed by atoms with Crippen molar-refractivity contribution in [2.24, 2.45) is 5.92 Å². The summed E-state index contributed by atoms with van der Waals surface area (Å²) in [5.41, 5.74) is 2.15. The number of hydrogen-bond donors (Lipinski definition) is 0. The van der Waals surface area contributed by atoms with Gasteiger partial charge in [0.1, 0.15) is 6.33 Å². The maximum absolute atomic E-state index is 5.18. The Kier molecular flexibility index (Phi) is 3.24. The van der Waals surface area contributed by atoms with Crippen molar-refractivity contribution in [2.45, 2.75) is 31.0 Å². The topological polar surface area (TPSA) is 35.0 Å². The van der Waals surface area contributed by atoms with Crippen LogP contribution in [0.4, 0.5) is 0 Å². The van der Waals surface area contributed by atoms with E-state index in [1.807, 2.05) is 6.92 Å². The van der Waals surface area contributed by atoms with Crippen LogP contribution in [0.3, 0.4) is 0 Å². The van der Waals surface area contributed by atoms with E-state index in [-0.39, 0.29) is 0 Å². The molecule has 0 N–H and O–H groups in total. The van der Waals surface area contributed by atoms with Gasteiger partial charge in [0.15, 0.2) is 0 Å². The molecule has 1 aromatic heterocycles. The average molecular weight is 271 g/mol. The van der Waals surface area contributed by atoms with Crippen molar-refractivity contribution in [2.75, 3.05) is 7.11 Å². The smallest absolute Gasteiger partial charge is 0.219 e. The quantitative estimate of drug-likeness (QED) is 0.789. The molecule has 0 saturated heterocycles. The van der Waals surface area contributed by atoms with E-state index in [0.717, 1.165) is 23.6 Å². The van der Waals surface area contributed by atoms with E-state index in [0.29, 0.717) is 10.7 Å². The Morgan fingerprint density at radius 1 is 1.53 bits per heavy atom. The Hall–Kier alpha value is -0.640. The van der Waals surface area contributed by atoms with E-state index in [1.54, 1.807) is 13.4 Å². The second kappa shape index (κ2) is 4.47. The molecular formula is C11H15BrN2O. The minimum atomic E-state index is 0.552. The molecule has 1 unspecified atom stereocenters. The van der Waals surface area contributed by atoms with Crippen molar-refractivity contribution in [1.82, 2.24) is 9.97 Å². The summed E-state index contributed by atoms with van der Waals surface area (Å²) in [6.45, 7) is 2.01. The maximum atomic E-state index is 5.18. The highest BCUT2D eigenvalue weighted by atomic mass is 79.9. The molecule has 1 fully saturated rings. The summed E-state index contributed by atoms with van der Waals surface area (Å²) in [5.74, 6) is 1.53. The Labute approximate surface area is 98.4 Å². The summed E-state index contributed by atoms with van der Waals surface area (Å²) in [6.07, 6.45) is 5.23. The highest BCUT2D eigenvalue weighted by Crippen LogP contribution is 2.38. The maximum Gasteiger partial charge on any atom is 0.219 e. The first-order chi connectivity index (χ1) is 7.22. The number of methoxy groups -OCH3 is 1. The van der Waals surface area contributed by atoms with Gasteiger partial charge in [-0.1, -0.05) is 15.9 Å². The van der Waals surface area contributed by atoms with Crippen molar-refractivity contribution >= 4 is 15.9 Å². The summed E-state index contributed by atoms with van der Waals surface area (Å²) in [7, 11) is 1.64.